The van der Waals surface area contributed by atoms with Crippen LogP contribution in [0.15, 0.2) is 36.5 Å². The van der Waals surface area contributed by atoms with Crippen LogP contribution in [-0.4, -0.2) is 74.9 Å². The Morgan fingerprint density at radius 1 is 0.508 bits per heavy atom. The van der Waals surface area contributed by atoms with Gasteiger partial charge in [0, 0.05) is 12.8 Å². The van der Waals surface area contributed by atoms with E-state index >= 15 is 0 Å². The Balaban J connectivity index is 4.03. The number of carbonyl (C=O) groups excluding carboxylic acids is 2. The van der Waals surface area contributed by atoms with E-state index in [0.717, 1.165) is 44.9 Å². The Hall–Kier alpha value is -1.77. The quantitative estimate of drug-likeness (QED) is 0.0212. The van der Waals surface area contributed by atoms with Gasteiger partial charge in [-0.15, -0.1) is 0 Å². The predicted molar refractivity (Wildman–Crippen MR) is 257 cm³/mol. The average molecular weight is 883 g/mol. The van der Waals surface area contributed by atoms with Gasteiger partial charge in [0.25, 0.3) is 0 Å². The van der Waals surface area contributed by atoms with Gasteiger partial charge in [-0.05, 0) is 51.4 Å². The Labute approximate surface area is 376 Å². The van der Waals surface area contributed by atoms with Crippen molar-refractivity contribution in [3.63, 3.8) is 0 Å². The minimum Gasteiger partial charge on any atom is -0.462 e. The fourth-order valence-electron chi connectivity index (χ4n) is 6.96. The van der Waals surface area contributed by atoms with E-state index in [1.165, 1.54) is 148 Å². The molecule has 0 aromatic carbocycles. The zero-order valence-electron chi connectivity index (χ0n) is 40.4. The van der Waals surface area contributed by atoms with Gasteiger partial charge in [0.1, 0.15) is 19.8 Å². The van der Waals surface area contributed by atoms with Crippen molar-refractivity contribution in [2.24, 2.45) is 0 Å². The smallest absolute Gasteiger partial charge is 0.462 e. The number of carbonyl (C=O) groups is 2. The number of allylic oxidation sites excluding steroid dienone is 6. The highest BCUT2D eigenvalue weighted by Gasteiger charge is 2.27. The van der Waals surface area contributed by atoms with Gasteiger partial charge in [0.2, 0.25) is 0 Å². The fourth-order valence-corrected chi connectivity index (χ4v) is 7.70. The van der Waals surface area contributed by atoms with Crippen molar-refractivity contribution in [2.45, 2.75) is 232 Å². The second-order valence-electron chi connectivity index (χ2n) is 18.2. The maximum atomic E-state index is 12.7. The zero-order valence-corrected chi connectivity index (χ0v) is 41.3. The number of esters is 2. The third-order valence-electron chi connectivity index (χ3n) is 10.9. The van der Waals surface area contributed by atoms with E-state index in [2.05, 4.69) is 50.3 Å². The molecule has 0 radical (unpaired) electrons. The van der Waals surface area contributed by atoms with Crippen molar-refractivity contribution < 1.29 is 42.1 Å². The lowest BCUT2D eigenvalue weighted by atomic mass is 10.0. The van der Waals surface area contributed by atoms with Gasteiger partial charge in [-0.1, -0.05) is 198 Å². The van der Waals surface area contributed by atoms with Crippen LogP contribution in [0.4, 0.5) is 0 Å². The lowest BCUT2D eigenvalue weighted by Gasteiger charge is -2.24. The molecule has 61 heavy (non-hydrogen) atoms. The summed E-state index contributed by atoms with van der Waals surface area (Å²) in [7, 11) is 1.48. The molecule has 0 amide bonds. The molecule has 10 heteroatoms. The Morgan fingerprint density at radius 3 is 1.31 bits per heavy atom. The average Bonchev–Trinajstić information content (AvgIpc) is 3.21. The molecule has 0 aliphatic carbocycles. The molecule has 0 bridgehead atoms. The number of nitrogens with zero attached hydrogens (tertiary/aromatic N) is 1. The maximum absolute atomic E-state index is 12.7. The van der Waals surface area contributed by atoms with E-state index in [0.29, 0.717) is 23.9 Å². The number of hydrogen-bond donors (Lipinski definition) is 1. The first-order valence-electron chi connectivity index (χ1n) is 25.2. The van der Waals surface area contributed by atoms with Gasteiger partial charge in [-0.25, -0.2) is 4.57 Å². The summed E-state index contributed by atoms with van der Waals surface area (Å²) in [5.41, 5.74) is 0. The number of likely N-dealkylation sites (N-methyl/N-ethyl adjacent to an activating group) is 1. The van der Waals surface area contributed by atoms with Crippen LogP contribution in [0.25, 0.3) is 0 Å². The molecule has 0 heterocycles. The molecule has 2 unspecified atom stereocenters. The molecule has 0 aromatic rings. The minimum absolute atomic E-state index is 0.0329. The Morgan fingerprint density at radius 2 is 0.885 bits per heavy atom. The summed E-state index contributed by atoms with van der Waals surface area (Å²) in [6, 6.07) is 0. The molecular formula is C51H97NO8P+. The molecule has 0 saturated carbocycles. The lowest BCUT2D eigenvalue weighted by molar-refractivity contribution is -0.870. The standard InChI is InChI=1S/C51H96NO8P/c1-6-8-10-12-14-16-17-18-19-20-21-22-23-24-25-26-27-28-29-30-31-32-33-34-35-36-38-40-42-44-51(54)60-49(48-59-61(55,56)58-46-45-52(3,4)5)47-57-50(53)43-41-39-37-15-13-11-9-7-2/h17-18,20-21,23-24,49H,6-16,19,22,25-48H2,1-5H3/p+1/b18-17-,21-20-,24-23-. The number of quaternary nitrogens is 1. The predicted octanol–water partition coefficient (Wildman–Crippen LogP) is 14.9. The van der Waals surface area contributed by atoms with Gasteiger partial charge in [0.05, 0.1) is 27.7 Å². The first-order chi connectivity index (χ1) is 29.5. The van der Waals surface area contributed by atoms with Crippen molar-refractivity contribution >= 4 is 19.8 Å². The Bertz CT molecular complexity index is 1130. The summed E-state index contributed by atoms with van der Waals surface area (Å²) in [6.07, 6.45) is 50.8. The summed E-state index contributed by atoms with van der Waals surface area (Å²) >= 11 is 0. The van der Waals surface area contributed by atoms with Crippen molar-refractivity contribution in [1.82, 2.24) is 0 Å². The molecule has 0 aromatic heterocycles. The highest BCUT2D eigenvalue weighted by molar-refractivity contribution is 7.47. The second-order valence-corrected chi connectivity index (χ2v) is 19.7. The highest BCUT2D eigenvalue weighted by atomic mass is 31.2. The maximum Gasteiger partial charge on any atom is 0.472 e. The SMILES string of the molecule is CCCCCCC/C=C\C/C=C\C/C=C\CCCCCCCCCCCCCCCCC(=O)OC(COC(=O)CCCCCCCCCC)COP(=O)(O)OCC[N+](C)(C)C. The lowest BCUT2D eigenvalue weighted by Crippen LogP contribution is -2.37. The van der Waals surface area contributed by atoms with Crippen LogP contribution in [0.5, 0.6) is 0 Å². The number of rotatable bonds is 46. The minimum atomic E-state index is -4.37. The largest absolute Gasteiger partial charge is 0.472 e. The molecule has 358 valence electrons. The van der Waals surface area contributed by atoms with E-state index in [-0.39, 0.29) is 25.6 Å². The molecule has 9 nitrogen and oxygen atoms in total. The van der Waals surface area contributed by atoms with Crippen LogP contribution >= 0.6 is 7.82 Å². The topological polar surface area (TPSA) is 108 Å². The van der Waals surface area contributed by atoms with E-state index in [4.69, 9.17) is 18.5 Å². The van der Waals surface area contributed by atoms with Crippen molar-refractivity contribution in [3.8, 4) is 0 Å². The number of hydrogen-bond acceptors (Lipinski definition) is 7. The summed E-state index contributed by atoms with van der Waals surface area (Å²) in [6.45, 7) is 4.39. The van der Waals surface area contributed by atoms with E-state index in [1.54, 1.807) is 0 Å². The first kappa shape index (κ1) is 59.2. The summed E-state index contributed by atoms with van der Waals surface area (Å²) in [5.74, 6) is -0.797. The molecule has 0 aliphatic rings. The van der Waals surface area contributed by atoms with Crippen LogP contribution < -0.4 is 0 Å². The van der Waals surface area contributed by atoms with Crippen molar-refractivity contribution in [2.75, 3.05) is 47.5 Å². The number of ether oxygens (including phenoxy) is 2. The van der Waals surface area contributed by atoms with Crippen molar-refractivity contribution in [1.29, 1.82) is 0 Å². The number of unbranched alkanes of at least 4 members (excludes halogenated alkanes) is 26. The van der Waals surface area contributed by atoms with Gasteiger partial charge >= 0.3 is 19.8 Å². The van der Waals surface area contributed by atoms with Crippen LogP contribution in [0.2, 0.25) is 0 Å². The van der Waals surface area contributed by atoms with Gasteiger partial charge in [-0.3, -0.25) is 18.6 Å². The molecule has 0 spiro atoms. The van der Waals surface area contributed by atoms with Crippen molar-refractivity contribution in [3.05, 3.63) is 36.5 Å². The second kappa shape index (κ2) is 43.5. The van der Waals surface area contributed by atoms with Gasteiger partial charge in [-0.2, -0.15) is 0 Å². The third kappa shape index (κ3) is 47.5. The summed E-state index contributed by atoms with van der Waals surface area (Å²) < 4.78 is 34.3. The number of phosphoric acid groups is 1. The van der Waals surface area contributed by atoms with Crippen LogP contribution in [0, 0.1) is 0 Å². The highest BCUT2D eigenvalue weighted by Crippen LogP contribution is 2.43. The van der Waals surface area contributed by atoms with E-state index in [9.17, 15) is 19.0 Å². The molecule has 0 aliphatic heterocycles. The molecule has 0 saturated heterocycles. The summed E-state index contributed by atoms with van der Waals surface area (Å²) in [4.78, 5) is 35.3. The molecule has 0 rings (SSSR count). The normalized spacial score (nSPS) is 13.7. The molecule has 1 N–H and O–H groups in total. The van der Waals surface area contributed by atoms with Gasteiger partial charge in [0.15, 0.2) is 6.10 Å². The monoisotopic (exact) mass is 883 g/mol. The molecular weight excluding hydrogens is 786 g/mol. The summed E-state index contributed by atoms with van der Waals surface area (Å²) in [5, 5.41) is 0. The third-order valence-corrected chi connectivity index (χ3v) is 11.9. The molecule has 2 atom stereocenters. The van der Waals surface area contributed by atoms with Crippen LogP contribution in [-0.2, 0) is 32.7 Å². The fraction of sp³-hybridized carbons (Fsp3) is 0.843. The van der Waals surface area contributed by atoms with E-state index in [1.807, 2.05) is 21.1 Å². The number of phosphoric ester groups is 1. The van der Waals surface area contributed by atoms with Crippen LogP contribution in [0.1, 0.15) is 226 Å². The van der Waals surface area contributed by atoms with Gasteiger partial charge < -0.3 is 18.9 Å². The molecule has 0 fully saturated rings. The van der Waals surface area contributed by atoms with E-state index < -0.39 is 26.5 Å². The van der Waals surface area contributed by atoms with Crippen LogP contribution in [0.3, 0.4) is 0 Å². The first-order valence-corrected chi connectivity index (χ1v) is 26.7. The Kier molecular flexibility index (Phi) is 42.2. The zero-order chi connectivity index (χ0) is 45.0.